The molecule has 2 saturated heterocycles. The molecule has 2 aliphatic heterocycles. The molecule has 4 rings (SSSR count). The Morgan fingerprint density at radius 3 is 2.43 bits per heavy atom. The van der Waals surface area contributed by atoms with Gasteiger partial charge in [-0.05, 0) is 51.2 Å². The van der Waals surface area contributed by atoms with Gasteiger partial charge in [0.1, 0.15) is 18.0 Å². The first kappa shape index (κ1) is 18.7. The van der Waals surface area contributed by atoms with Crippen LogP contribution < -0.4 is 10.2 Å². The van der Waals surface area contributed by atoms with Crippen LogP contribution in [0.25, 0.3) is 0 Å². The number of carbonyl (C=O) groups excluding carboxylic acids is 1. The third kappa shape index (κ3) is 4.43. The molecule has 1 N–H and O–H groups in total. The zero-order valence-electron chi connectivity index (χ0n) is 16.6. The molecule has 6 nitrogen and oxygen atoms in total. The lowest BCUT2D eigenvalue weighted by Gasteiger charge is -2.33. The predicted molar refractivity (Wildman–Crippen MR) is 112 cm³/mol. The number of aryl methyl sites for hydroxylation is 1. The summed E-state index contributed by atoms with van der Waals surface area (Å²) in [5.74, 6) is 2.04. The summed E-state index contributed by atoms with van der Waals surface area (Å²) in [6, 6.07) is 10.2. The Bertz CT molecular complexity index is 793. The van der Waals surface area contributed by atoms with E-state index in [4.69, 9.17) is 0 Å². The third-order valence-electron chi connectivity index (χ3n) is 5.77. The van der Waals surface area contributed by atoms with E-state index in [0.29, 0.717) is 6.04 Å². The highest BCUT2D eigenvalue weighted by Gasteiger charge is 2.24. The monoisotopic (exact) mass is 379 g/mol. The molecule has 0 unspecified atom stereocenters. The van der Waals surface area contributed by atoms with Gasteiger partial charge in [-0.2, -0.15) is 0 Å². The lowest BCUT2D eigenvalue weighted by atomic mass is 10.0. The molecular formula is C22H29N5O. The van der Waals surface area contributed by atoms with E-state index in [0.717, 1.165) is 56.2 Å². The molecule has 0 aliphatic carbocycles. The maximum atomic E-state index is 12.7. The standard InChI is InChI=1S/C22H29N5O/c1-17-5-7-18(8-6-17)22(28)27-13-9-19(10-14-27)25-20-15-21(24-16-23-20)26-11-3-2-4-12-26/h5-8,15-16,19H,2-4,9-14H2,1H3,(H,23,24,25). The average Bonchev–Trinajstić information content (AvgIpc) is 2.75. The number of rotatable bonds is 4. The summed E-state index contributed by atoms with van der Waals surface area (Å²) in [5, 5.41) is 3.55. The summed E-state index contributed by atoms with van der Waals surface area (Å²) in [4.78, 5) is 25.8. The smallest absolute Gasteiger partial charge is 0.253 e. The van der Waals surface area contributed by atoms with E-state index < -0.39 is 0 Å². The van der Waals surface area contributed by atoms with Crippen LogP contribution in [0, 0.1) is 6.92 Å². The summed E-state index contributed by atoms with van der Waals surface area (Å²) in [7, 11) is 0. The number of benzene rings is 1. The van der Waals surface area contributed by atoms with Gasteiger partial charge in [0.15, 0.2) is 0 Å². The first-order valence-corrected chi connectivity index (χ1v) is 10.4. The van der Waals surface area contributed by atoms with Gasteiger partial charge < -0.3 is 15.1 Å². The number of hydrogen-bond acceptors (Lipinski definition) is 5. The van der Waals surface area contributed by atoms with Crippen LogP contribution in [0.3, 0.4) is 0 Å². The largest absolute Gasteiger partial charge is 0.367 e. The van der Waals surface area contributed by atoms with Crippen molar-refractivity contribution in [2.75, 3.05) is 36.4 Å². The highest BCUT2D eigenvalue weighted by molar-refractivity contribution is 5.94. The number of piperidine rings is 2. The molecule has 1 amide bonds. The number of aromatic nitrogens is 2. The summed E-state index contributed by atoms with van der Waals surface area (Å²) in [6.07, 6.45) is 7.30. The van der Waals surface area contributed by atoms with Crippen LogP contribution in [0.4, 0.5) is 11.6 Å². The topological polar surface area (TPSA) is 61.4 Å². The Morgan fingerprint density at radius 2 is 1.71 bits per heavy atom. The molecule has 0 atom stereocenters. The average molecular weight is 380 g/mol. The molecule has 0 spiro atoms. The fourth-order valence-corrected chi connectivity index (χ4v) is 4.04. The minimum absolute atomic E-state index is 0.132. The van der Waals surface area contributed by atoms with E-state index in [9.17, 15) is 4.79 Å². The Morgan fingerprint density at radius 1 is 1.00 bits per heavy atom. The summed E-state index contributed by atoms with van der Waals surface area (Å²) in [6.45, 7) is 5.74. The van der Waals surface area contributed by atoms with Gasteiger partial charge in [0.2, 0.25) is 0 Å². The van der Waals surface area contributed by atoms with Gasteiger partial charge in [-0.1, -0.05) is 17.7 Å². The number of nitrogens with one attached hydrogen (secondary N) is 1. The molecule has 0 radical (unpaired) electrons. The van der Waals surface area contributed by atoms with E-state index >= 15 is 0 Å². The number of nitrogens with zero attached hydrogens (tertiary/aromatic N) is 4. The van der Waals surface area contributed by atoms with Crippen LogP contribution in [-0.4, -0.2) is 53.0 Å². The molecule has 0 saturated carbocycles. The molecule has 0 bridgehead atoms. The minimum atomic E-state index is 0.132. The van der Waals surface area contributed by atoms with Gasteiger partial charge in [-0.3, -0.25) is 4.79 Å². The van der Waals surface area contributed by atoms with Gasteiger partial charge in [0.05, 0.1) is 0 Å². The van der Waals surface area contributed by atoms with E-state index in [1.165, 1.54) is 24.8 Å². The van der Waals surface area contributed by atoms with Gasteiger partial charge in [-0.25, -0.2) is 9.97 Å². The number of likely N-dealkylation sites (tertiary alicyclic amines) is 1. The molecule has 1 aromatic carbocycles. The van der Waals surface area contributed by atoms with Gasteiger partial charge in [0, 0.05) is 43.9 Å². The van der Waals surface area contributed by atoms with Crippen LogP contribution in [0.15, 0.2) is 36.7 Å². The van der Waals surface area contributed by atoms with Crippen molar-refractivity contribution in [3.8, 4) is 0 Å². The van der Waals surface area contributed by atoms with E-state index in [1.807, 2.05) is 36.1 Å². The van der Waals surface area contributed by atoms with Crippen LogP contribution in [0.1, 0.15) is 48.0 Å². The molecule has 1 aromatic heterocycles. The Kier molecular flexibility index (Phi) is 5.74. The fourth-order valence-electron chi connectivity index (χ4n) is 4.04. The summed E-state index contributed by atoms with van der Waals surface area (Å²) >= 11 is 0. The second-order valence-corrected chi connectivity index (χ2v) is 7.89. The van der Waals surface area contributed by atoms with Crippen molar-refractivity contribution >= 4 is 17.5 Å². The third-order valence-corrected chi connectivity index (χ3v) is 5.77. The van der Waals surface area contributed by atoms with Crippen molar-refractivity contribution in [3.05, 3.63) is 47.8 Å². The second-order valence-electron chi connectivity index (χ2n) is 7.89. The second kappa shape index (κ2) is 8.59. The Labute approximate surface area is 167 Å². The first-order chi connectivity index (χ1) is 13.7. The molecule has 28 heavy (non-hydrogen) atoms. The molecule has 3 heterocycles. The molecule has 6 heteroatoms. The zero-order valence-corrected chi connectivity index (χ0v) is 16.6. The van der Waals surface area contributed by atoms with Crippen molar-refractivity contribution in [1.29, 1.82) is 0 Å². The van der Waals surface area contributed by atoms with Gasteiger partial charge in [-0.15, -0.1) is 0 Å². The highest BCUT2D eigenvalue weighted by Crippen LogP contribution is 2.22. The van der Waals surface area contributed by atoms with Crippen molar-refractivity contribution < 1.29 is 4.79 Å². The summed E-state index contributed by atoms with van der Waals surface area (Å²) < 4.78 is 0. The SMILES string of the molecule is Cc1ccc(C(=O)N2CCC(Nc3cc(N4CCCCC4)ncn3)CC2)cc1. The van der Waals surface area contributed by atoms with Crippen LogP contribution in [-0.2, 0) is 0 Å². The Balaban J connectivity index is 1.32. The lowest BCUT2D eigenvalue weighted by Crippen LogP contribution is -2.42. The van der Waals surface area contributed by atoms with Crippen molar-refractivity contribution in [2.45, 2.75) is 45.1 Å². The van der Waals surface area contributed by atoms with Gasteiger partial charge in [0.25, 0.3) is 5.91 Å². The predicted octanol–water partition coefficient (Wildman–Crippen LogP) is 3.49. The normalized spacial score (nSPS) is 18.2. The quantitative estimate of drug-likeness (QED) is 0.881. The number of amides is 1. The minimum Gasteiger partial charge on any atom is -0.367 e. The Hall–Kier alpha value is -2.63. The van der Waals surface area contributed by atoms with Crippen LogP contribution >= 0.6 is 0 Å². The van der Waals surface area contributed by atoms with Crippen molar-refractivity contribution in [2.24, 2.45) is 0 Å². The molecule has 148 valence electrons. The number of carbonyl (C=O) groups is 1. The maximum Gasteiger partial charge on any atom is 0.253 e. The molecule has 2 aromatic rings. The van der Waals surface area contributed by atoms with Gasteiger partial charge >= 0.3 is 0 Å². The van der Waals surface area contributed by atoms with E-state index in [-0.39, 0.29) is 5.91 Å². The maximum absolute atomic E-state index is 12.7. The molecule has 2 fully saturated rings. The number of anilines is 2. The lowest BCUT2D eigenvalue weighted by molar-refractivity contribution is 0.0718. The molecule has 2 aliphatic rings. The number of hydrogen-bond donors (Lipinski definition) is 1. The fraction of sp³-hybridized carbons (Fsp3) is 0.500. The van der Waals surface area contributed by atoms with E-state index in [1.54, 1.807) is 6.33 Å². The molecular weight excluding hydrogens is 350 g/mol. The first-order valence-electron chi connectivity index (χ1n) is 10.4. The highest BCUT2D eigenvalue weighted by atomic mass is 16.2. The van der Waals surface area contributed by atoms with Crippen LogP contribution in [0.5, 0.6) is 0 Å². The van der Waals surface area contributed by atoms with Crippen molar-refractivity contribution in [1.82, 2.24) is 14.9 Å². The van der Waals surface area contributed by atoms with Crippen LogP contribution in [0.2, 0.25) is 0 Å². The van der Waals surface area contributed by atoms with Crippen molar-refractivity contribution in [3.63, 3.8) is 0 Å². The van der Waals surface area contributed by atoms with E-state index in [2.05, 4.69) is 26.3 Å². The zero-order chi connectivity index (χ0) is 19.3. The summed E-state index contributed by atoms with van der Waals surface area (Å²) in [5.41, 5.74) is 1.95.